The molecule has 0 aromatic heterocycles. The number of rotatable bonds is 4. The lowest BCUT2D eigenvalue weighted by Gasteiger charge is -2.20. The topological polar surface area (TPSA) is 35.2 Å². The average molecular weight is 348 g/mol. The van der Waals surface area contributed by atoms with Crippen LogP contribution in [0.5, 0.6) is 11.5 Å². The Balaban J connectivity index is 2.30. The zero-order valence-electron chi connectivity index (χ0n) is 12.8. The van der Waals surface area contributed by atoms with Gasteiger partial charge in [0, 0.05) is 4.47 Å². The monoisotopic (exact) mass is 347 g/mol. The summed E-state index contributed by atoms with van der Waals surface area (Å²) in [6, 6.07) is 14.3. The highest BCUT2D eigenvalue weighted by molar-refractivity contribution is 9.10. The molecule has 112 valence electrons. The van der Waals surface area contributed by atoms with Crippen LogP contribution in [-0.4, -0.2) is 6.54 Å². The van der Waals surface area contributed by atoms with Crippen LogP contribution in [0, 0.1) is 0 Å². The van der Waals surface area contributed by atoms with E-state index in [0.29, 0.717) is 6.54 Å². The minimum absolute atomic E-state index is 0.110. The molecule has 3 heteroatoms. The van der Waals surface area contributed by atoms with Gasteiger partial charge < -0.3 is 10.5 Å². The van der Waals surface area contributed by atoms with Crippen LogP contribution >= 0.6 is 15.9 Å². The van der Waals surface area contributed by atoms with E-state index >= 15 is 0 Å². The van der Waals surface area contributed by atoms with Gasteiger partial charge in [0.25, 0.3) is 0 Å². The number of halogens is 1. The van der Waals surface area contributed by atoms with Crippen LogP contribution in [-0.2, 0) is 11.8 Å². The molecule has 0 radical (unpaired) electrons. The van der Waals surface area contributed by atoms with Crippen LogP contribution in [0.4, 0.5) is 0 Å². The van der Waals surface area contributed by atoms with Gasteiger partial charge in [0.05, 0.1) is 0 Å². The Labute approximate surface area is 135 Å². The van der Waals surface area contributed by atoms with Crippen LogP contribution in [0.3, 0.4) is 0 Å². The molecule has 21 heavy (non-hydrogen) atoms. The van der Waals surface area contributed by atoms with Crippen molar-refractivity contribution >= 4 is 15.9 Å². The summed E-state index contributed by atoms with van der Waals surface area (Å²) >= 11 is 3.49. The molecule has 0 atom stereocenters. The molecule has 0 aliphatic heterocycles. The zero-order chi connectivity index (χ0) is 15.5. The van der Waals surface area contributed by atoms with Crippen LogP contribution in [0.15, 0.2) is 46.9 Å². The van der Waals surface area contributed by atoms with Crippen molar-refractivity contribution in [1.29, 1.82) is 0 Å². The average Bonchev–Trinajstić information content (AvgIpc) is 2.42. The number of benzene rings is 2. The molecular formula is C18H22BrNO. The second-order valence-electron chi connectivity index (χ2n) is 6.17. The van der Waals surface area contributed by atoms with E-state index in [-0.39, 0.29) is 5.41 Å². The van der Waals surface area contributed by atoms with Gasteiger partial charge in [-0.3, -0.25) is 0 Å². The highest BCUT2D eigenvalue weighted by atomic mass is 79.9. The molecule has 2 aromatic rings. The highest BCUT2D eigenvalue weighted by Crippen LogP contribution is 2.31. The van der Waals surface area contributed by atoms with Crippen molar-refractivity contribution < 1.29 is 4.74 Å². The standard InChI is InChI=1S/C18H22BrNO/c1-18(2,3)14-5-4-6-16(12-14)21-17-8-7-15(19)11-13(17)9-10-20/h4-8,11-12H,9-10,20H2,1-3H3. The first-order valence-corrected chi connectivity index (χ1v) is 7.96. The number of ether oxygens (including phenoxy) is 1. The Hall–Kier alpha value is -1.32. The second-order valence-corrected chi connectivity index (χ2v) is 7.09. The molecular weight excluding hydrogens is 326 g/mol. The summed E-state index contributed by atoms with van der Waals surface area (Å²) in [7, 11) is 0. The fourth-order valence-corrected chi connectivity index (χ4v) is 2.56. The summed E-state index contributed by atoms with van der Waals surface area (Å²) in [5.74, 6) is 1.73. The van der Waals surface area contributed by atoms with Crippen LogP contribution in [0.25, 0.3) is 0 Å². The van der Waals surface area contributed by atoms with Gasteiger partial charge in [-0.2, -0.15) is 0 Å². The van der Waals surface area contributed by atoms with Gasteiger partial charge in [0.1, 0.15) is 11.5 Å². The van der Waals surface area contributed by atoms with Gasteiger partial charge in [0.15, 0.2) is 0 Å². The molecule has 0 saturated heterocycles. The molecule has 2 N–H and O–H groups in total. The van der Waals surface area contributed by atoms with E-state index in [9.17, 15) is 0 Å². The Kier molecular flexibility index (Phi) is 5.07. The van der Waals surface area contributed by atoms with Crippen LogP contribution in [0.1, 0.15) is 31.9 Å². The molecule has 0 heterocycles. The lowest BCUT2D eigenvalue weighted by Crippen LogP contribution is -2.10. The maximum atomic E-state index is 6.08. The molecule has 2 aromatic carbocycles. The highest BCUT2D eigenvalue weighted by Gasteiger charge is 2.14. The van der Waals surface area contributed by atoms with E-state index in [1.807, 2.05) is 24.3 Å². The van der Waals surface area contributed by atoms with Crippen molar-refractivity contribution in [3.63, 3.8) is 0 Å². The minimum atomic E-state index is 0.110. The van der Waals surface area contributed by atoms with Gasteiger partial charge in [0.2, 0.25) is 0 Å². The third-order valence-electron chi connectivity index (χ3n) is 3.36. The van der Waals surface area contributed by atoms with Crippen molar-refractivity contribution in [2.45, 2.75) is 32.6 Å². The van der Waals surface area contributed by atoms with E-state index in [1.165, 1.54) is 5.56 Å². The van der Waals surface area contributed by atoms with Crippen molar-refractivity contribution in [3.05, 3.63) is 58.1 Å². The molecule has 0 saturated carbocycles. The van der Waals surface area contributed by atoms with E-state index in [0.717, 1.165) is 28.0 Å². The largest absolute Gasteiger partial charge is 0.457 e. The molecule has 2 nitrogen and oxygen atoms in total. The minimum Gasteiger partial charge on any atom is -0.457 e. The Bertz CT molecular complexity index is 617. The van der Waals surface area contributed by atoms with Gasteiger partial charge in [-0.1, -0.05) is 48.8 Å². The van der Waals surface area contributed by atoms with Crippen molar-refractivity contribution in [3.8, 4) is 11.5 Å². The van der Waals surface area contributed by atoms with Gasteiger partial charge >= 0.3 is 0 Å². The maximum absolute atomic E-state index is 6.08. The third-order valence-corrected chi connectivity index (χ3v) is 3.86. The van der Waals surface area contributed by atoms with Crippen molar-refractivity contribution in [2.75, 3.05) is 6.54 Å². The number of nitrogens with two attached hydrogens (primary N) is 1. The fraction of sp³-hybridized carbons (Fsp3) is 0.333. The molecule has 0 spiro atoms. The lowest BCUT2D eigenvalue weighted by molar-refractivity contribution is 0.472. The van der Waals surface area contributed by atoms with Crippen LogP contribution < -0.4 is 10.5 Å². The summed E-state index contributed by atoms with van der Waals surface area (Å²) in [6.45, 7) is 7.21. The van der Waals surface area contributed by atoms with E-state index in [2.05, 4.69) is 54.9 Å². The lowest BCUT2D eigenvalue weighted by atomic mass is 9.87. The SMILES string of the molecule is CC(C)(C)c1cccc(Oc2ccc(Br)cc2CCN)c1. The summed E-state index contributed by atoms with van der Waals surface area (Å²) in [4.78, 5) is 0. The second kappa shape index (κ2) is 6.63. The van der Waals surface area contributed by atoms with Gasteiger partial charge in [-0.15, -0.1) is 0 Å². The number of hydrogen-bond acceptors (Lipinski definition) is 2. The van der Waals surface area contributed by atoms with Crippen LogP contribution in [0.2, 0.25) is 0 Å². The Morgan fingerprint density at radius 3 is 2.52 bits per heavy atom. The molecule has 2 rings (SSSR count). The quantitative estimate of drug-likeness (QED) is 0.840. The van der Waals surface area contributed by atoms with E-state index in [4.69, 9.17) is 10.5 Å². The summed E-state index contributed by atoms with van der Waals surface area (Å²) in [5.41, 5.74) is 8.17. The zero-order valence-corrected chi connectivity index (χ0v) is 14.4. The fourth-order valence-electron chi connectivity index (χ4n) is 2.15. The Morgan fingerprint density at radius 2 is 1.86 bits per heavy atom. The predicted molar refractivity (Wildman–Crippen MR) is 92.1 cm³/mol. The summed E-state index contributed by atoms with van der Waals surface area (Å²) < 4.78 is 7.12. The van der Waals surface area contributed by atoms with Crippen molar-refractivity contribution in [1.82, 2.24) is 0 Å². The summed E-state index contributed by atoms with van der Waals surface area (Å²) in [6.07, 6.45) is 0.799. The van der Waals surface area contributed by atoms with Gasteiger partial charge in [-0.05, 0) is 59.8 Å². The first-order valence-electron chi connectivity index (χ1n) is 7.17. The van der Waals surface area contributed by atoms with E-state index in [1.54, 1.807) is 0 Å². The maximum Gasteiger partial charge on any atom is 0.130 e. The predicted octanol–water partition coefficient (Wildman–Crippen LogP) is 5.04. The normalized spacial score (nSPS) is 11.5. The number of hydrogen-bond donors (Lipinski definition) is 1. The van der Waals surface area contributed by atoms with E-state index < -0.39 is 0 Å². The first kappa shape index (κ1) is 16.1. The molecule has 0 aliphatic carbocycles. The third kappa shape index (κ3) is 4.32. The molecule has 0 bridgehead atoms. The molecule has 0 amide bonds. The molecule has 0 fully saturated rings. The van der Waals surface area contributed by atoms with Gasteiger partial charge in [-0.25, -0.2) is 0 Å². The molecule has 0 unspecified atom stereocenters. The smallest absolute Gasteiger partial charge is 0.130 e. The first-order chi connectivity index (χ1) is 9.90. The molecule has 0 aliphatic rings. The van der Waals surface area contributed by atoms with Crippen molar-refractivity contribution in [2.24, 2.45) is 5.73 Å². The Morgan fingerprint density at radius 1 is 1.10 bits per heavy atom. The summed E-state index contributed by atoms with van der Waals surface area (Å²) in [5, 5.41) is 0.